The van der Waals surface area contributed by atoms with Crippen LogP contribution in [0.15, 0.2) is 17.3 Å². The van der Waals surface area contributed by atoms with E-state index in [0.717, 1.165) is 6.42 Å². The molecule has 3 heteroatoms. The van der Waals surface area contributed by atoms with Crippen molar-refractivity contribution in [2.24, 2.45) is 4.99 Å². The Morgan fingerprint density at radius 2 is 2.00 bits per heavy atom. The van der Waals surface area contributed by atoms with E-state index >= 15 is 0 Å². The summed E-state index contributed by atoms with van der Waals surface area (Å²) in [5.41, 5.74) is 1.17. The van der Waals surface area contributed by atoms with Gasteiger partial charge >= 0.3 is 0 Å². The highest BCUT2D eigenvalue weighted by atomic mass is 28.4. The Morgan fingerprint density at radius 1 is 1.40 bits per heavy atom. The van der Waals surface area contributed by atoms with Crippen LogP contribution < -0.4 is 0 Å². The number of hydrogen-bond donors (Lipinski definition) is 0. The zero-order valence-corrected chi connectivity index (χ0v) is 11.8. The van der Waals surface area contributed by atoms with Gasteiger partial charge in [0.2, 0.25) is 0 Å². The molecule has 2 nitrogen and oxygen atoms in total. The third-order valence-corrected chi connectivity index (χ3v) is 7.97. The first-order valence-electron chi connectivity index (χ1n) is 5.63. The summed E-state index contributed by atoms with van der Waals surface area (Å²) in [4.78, 5) is 4.34. The van der Waals surface area contributed by atoms with Crippen LogP contribution in [0.4, 0.5) is 0 Å². The Hall–Kier alpha value is -0.413. The Balaban J connectivity index is 2.61. The molecule has 0 saturated heterocycles. The van der Waals surface area contributed by atoms with Crippen LogP contribution in [0.25, 0.3) is 0 Å². The lowest BCUT2D eigenvalue weighted by Crippen LogP contribution is -2.45. The zero-order chi connectivity index (χ0) is 11.7. The lowest BCUT2D eigenvalue weighted by molar-refractivity contribution is 0.258. The number of nitrogens with zero attached hydrogens (tertiary/aromatic N) is 1. The van der Waals surface area contributed by atoms with Gasteiger partial charge in [-0.05, 0) is 25.1 Å². The SMILES string of the molecule is C[C@H](O[Si](C)(C)C(C)(C)C)C1=NC=CC1. The Labute approximate surface area is 94.6 Å². The zero-order valence-electron chi connectivity index (χ0n) is 10.8. The molecule has 0 radical (unpaired) electrons. The second-order valence-electron chi connectivity index (χ2n) is 5.73. The van der Waals surface area contributed by atoms with Crippen molar-refractivity contribution in [1.29, 1.82) is 0 Å². The molecule has 0 amide bonds. The molecule has 0 aromatic heterocycles. The highest BCUT2D eigenvalue weighted by Crippen LogP contribution is 2.37. The number of allylic oxidation sites excluding steroid dienone is 1. The van der Waals surface area contributed by atoms with Crippen molar-refractivity contribution in [3.63, 3.8) is 0 Å². The van der Waals surface area contributed by atoms with Crippen molar-refractivity contribution in [3.05, 3.63) is 12.3 Å². The standard InChI is InChI=1S/C12H23NOSi/c1-10(11-8-7-9-13-11)14-15(5,6)12(2,3)4/h7,9-10H,8H2,1-6H3/t10-/m0/s1. The summed E-state index contributed by atoms with van der Waals surface area (Å²) in [6.45, 7) is 13.5. The average Bonchev–Trinajstić information content (AvgIpc) is 2.51. The molecule has 1 atom stereocenters. The fourth-order valence-corrected chi connectivity index (χ4v) is 2.71. The van der Waals surface area contributed by atoms with Gasteiger partial charge in [-0.15, -0.1) is 0 Å². The van der Waals surface area contributed by atoms with Gasteiger partial charge in [0.25, 0.3) is 0 Å². The normalized spacial score (nSPS) is 19.2. The van der Waals surface area contributed by atoms with Crippen molar-refractivity contribution >= 4 is 14.0 Å². The van der Waals surface area contributed by atoms with Crippen molar-refractivity contribution in [2.75, 3.05) is 0 Å². The highest BCUT2D eigenvalue weighted by molar-refractivity contribution is 6.74. The van der Waals surface area contributed by atoms with Gasteiger partial charge in [-0.1, -0.05) is 26.8 Å². The summed E-state index contributed by atoms with van der Waals surface area (Å²) >= 11 is 0. The van der Waals surface area contributed by atoms with Gasteiger partial charge in [-0.25, -0.2) is 0 Å². The molecule has 1 rings (SSSR count). The van der Waals surface area contributed by atoms with Crippen LogP contribution in [0.3, 0.4) is 0 Å². The van der Waals surface area contributed by atoms with E-state index in [9.17, 15) is 0 Å². The minimum atomic E-state index is -1.64. The molecule has 1 aliphatic heterocycles. The van der Waals surface area contributed by atoms with Crippen LogP contribution in [-0.2, 0) is 4.43 Å². The molecule has 0 saturated carbocycles. The summed E-state index contributed by atoms with van der Waals surface area (Å²) in [6.07, 6.45) is 5.08. The van der Waals surface area contributed by atoms with E-state index in [1.807, 2.05) is 6.20 Å². The smallest absolute Gasteiger partial charge is 0.192 e. The molecule has 86 valence electrons. The fraction of sp³-hybridized carbons (Fsp3) is 0.750. The van der Waals surface area contributed by atoms with E-state index in [1.54, 1.807) is 0 Å². The first kappa shape index (κ1) is 12.7. The summed E-state index contributed by atoms with van der Waals surface area (Å²) in [7, 11) is -1.64. The van der Waals surface area contributed by atoms with Gasteiger partial charge in [-0.2, -0.15) is 0 Å². The molecular formula is C12H23NOSi. The minimum Gasteiger partial charge on any atom is -0.409 e. The molecule has 0 fully saturated rings. The third kappa shape index (κ3) is 3.02. The molecule has 0 spiro atoms. The summed E-state index contributed by atoms with van der Waals surface area (Å²) in [5, 5.41) is 0.272. The first-order chi connectivity index (χ1) is 6.74. The summed E-state index contributed by atoms with van der Waals surface area (Å²) in [5.74, 6) is 0. The largest absolute Gasteiger partial charge is 0.409 e. The maximum atomic E-state index is 6.25. The van der Waals surface area contributed by atoms with E-state index < -0.39 is 8.32 Å². The molecule has 1 aliphatic rings. The van der Waals surface area contributed by atoms with Crippen LogP contribution in [0.2, 0.25) is 18.1 Å². The molecule has 0 N–H and O–H groups in total. The Kier molecular flexibility index (Phi) is 3.56. The summed E-state index contributed by atoms with van der Waals surface area (Å²) in [6, 6.07) is 0. The lowest BCUT2D eigenvalue weighted by atomic mass is 10.2. The van der Waals surface area contributed by atoms with Crippen molar-refractivity contribution in [1.82, 2.24) is 0 Å². The maximum absolute atomic E-state index is 6.25. The number of hydrogen-bond acceptors (Lipinski definition) is 2. The quantitative estimate of drug-likeness (QED) is 0.670. The molecule has 15 heavy (non-hydrogen) atoms. The van der Waals surface area contributed by atoms with Crippen LogP contribution in [0, 0.1) is 0 Å². The maximum Gasteiger partial charge on any atom is 0.192 e. The van der Waals surface area contributed by atoms with E-state index in [4.69, 9.17) is 4.43 Å². The van der Waals surface area contributed by atoms with Crippen molar-refractivity contribution in [3.8, 4) is 0 Å². The highest BCUT2D eigenvalue weighted by Gasteiger charge is 2.39. The second-order valence-corrected chi connectivity index (χ2v) is 10.5. The molecule has 0 aliphatic carbocycles. The van der Waals surface area contributed by atoms with Gasteiger partial charge in [0.1, 0.15) is 0 Å². The summed E-state index contributed by atoms with van der Waals surface area (Å²) < 4.78 is 6.25. The van der Waals surface area contributed by atoms with E-state index in [1.165, 1.54) is 5.71 Å². The van der Waals surface area contributed by atoms with Crippen LogP contribution in [-0.4, -0.2) is 20.1 Å². The minimum absolute atomic E-state index is 0.167. The van der Waals surface area contributed by atoms with E-state index in [-0.39, 0.29) is 11.1 Å². The van der Waals surface area contributed by atoms with Gasteiger partial charge in [0, 0.05) is 18.3 Å². The predicted molar refractivity (Wildman–Crippen MR) is 68.9 cm³/mol. The van der Waals surface area contributed by atoms with E-state index in [0.29, 0.717) is 0 Å². The van der Waals surface area contributed by atoms with Gasteiger partial charge in [0.15, 0.2) is 8.32 Å². The van der Waals surface area contributed by atoms with Gasteiger partial charge in [0.05, 0.1) is 6.10 Å². The Bertz CT molecular complexity index is 286. The molecule has 0 bridgehead atoms. The van der Waals surface area contributed by atoms with Crippen LogP contribution in [0.5, 0.6) is 0 Å². The van der Waals surface area contributed by atoms with Crippen LogP contribution in [0.1, 0.15) is 34.1 Å². The Morgan fingerprint density at radius 3 is 2.40 bits per heavy atom. The number of aliphatic imine (C=N–C) groups is 1. The van der Waals surface area contributed by atoms with E-state index in [2.05, 4.69) is 51.9 Å². The molecule has 0 unspecified atom stereocenters. The molecule has 0 aromatic rings. The molecular weight excluding hydrogens is 202 g/mol. The third-order valence-electron chi connectivity index (χ3n) is 3.42. The monoisotopic (exact) mass is 225 g/mol. The predicted octanol–water partition coefficient (Wildman–Crippen LogP) is 3.76. The lowest BCUT2D eigenvalue weighted by Gasteiger charge is -2.38. The topological polar surface area (TPSA) is 21.6 Å². The van der Waals surface area contributed by atoms with Crippen molar-refractivity contribution in [2.45, 2.75) is 58.4 Å². The van der Waals surface area contributed by atoms with Crippen molar-refractivity contribution < 1.29 is 4.43 Å². The molecule has 0 aromatic carbocycles. The molecule has 1 heterocycles. The number of rotatable bonds is 3. The first-order valence-corrected chi connectivity index (χ1v) is 8.54. The van der Waals surface area contributed by atoms with Gasteiger partial charge < -0.3 is 4.43 Å². The van der Waals surface area contributed by atoms with Gasteiger partial charge in [-0.3, -0.25) is 4.99 Å². The fourth-order valence-electron chi connectivity index (χ4n) is 1.33. The van der Waals surface area contributed by atoms with Crippen LogP contribution >= 0.6 is 0 Å². The second kappa shape index (κ2) is 4.22. The average molecular weight is 225 g/mol.